The van der Waals surface area contributed by atoms with Gasteiger partial charge in [-0.15, -0.1) is 0 Å². The first-order chi connectivity index (χ1) is 8.97. The van der Waals surface area contributed by atoms with Crippen LogP contribution in [-0.2, 0) is 0 Å². The molecular weight excluding hydrogens is 261 g/mol. The minimum absolute atomic E-state index is 0.0151. The van der Waals surface area contributed by atoms with E-state index in [0.717, 1.165) is 6.42 Å². The maximum Gasteiger partial charge on any atom is 0.146 e. The third kappa shape index (κ3) is 6.93. The summed E-state index contributed by atoms with van der Waals surface area (Å²) in [6.45, 7) is 10.5. The zero-order chi connectivity index (χ0) is 14.8. The Kier molecular flexibility index (Phi) is 9.90. The van der Waals surface area contributed by atoms with Crippen molar-refractivity contribution in [1.29, 1.82) is 0 Å². The van der Waals surface area contributed by atoms with E-state index >= 15 is 0 Å². The molecule has 1 rings (SSSR count). The molecule has 0 radical (unpaired) electrons. The van der Waals surface area contributed by atoms with Gasteiger partial charge in [-0.05, 0) is 26.3 Å². The predicted molar refractivity (Wildman–Crippen MR) is 83.3 cm³/mol. The number of halogens is 2. The summed E-state index contributed by atoms with van der Waals surface area (Å²) in [5.74, 6) is -0.317. The molecule has 0 fully saturated rings. The highest BCUT2D eigenvalue weighted by molar-refractivity contribution is 6.30. The zero-order valence-electron chi connectivity index (χ0n) is 12.8. The maximum atomic E-state index is 13.6. The van der Waals surface area contributed by atoms with Crippen LogP contribution in [0, 0.1) is 5.82 Å². The van der Waals surface area contributed by atoms with Gasteiger partial charge in [0.15, 0.2) is 0 Å². The molecule has 1 nitrogen and oxygen atoms in total. The smallest absolute Gasteiger partial charge is 0.146 e. The Morgan fingerprint density at radius 1 is 1.16 bits per heavy atom. The van der Waals surface area contributed by atoms with Gasteiger partial charge in [0.2, 0.25) is 0 Å². The van der Waals surface area contributed by atoms with E-state index in [0.29, 0.717) is 11.6 Å². The molecule has 0 spiro atoms. The van der Waals surface area contributed by atoms with Gasteiger partial charge in [-0.25, -0.2) is 4.39 Å². The third-order valence-corrected chi connectivity index (χ3v) is 3.39. The average Bonchev–Trinajstić information content (AvgIpc) is 2.41. The van der Waals surface area contributed by atoms with Crippen LogP contribution >= 0.6 is 11.6 Å². The number of unbranched alkanes of at least 4 members (excludes halogenated alkanes) is 1. The summed E-state index contributed by atoms with van der Waals surface area (Å²) in [6.07, 6.45) is 3.66. The van der Waals surface area contributed by atoms with Gasteiger partial charge in [0.1, 0.15) is 5.82 Å². The largest absolute Gasteiger partial charge is 0.308 e. The van der Waals surface area contributed by atoms with Gasteiger partial charge in [-0.3, -0.25) is 0 Å². The van der Waals surface area contributed by atoms with Gasteiger partial charge in [0.25, 0.3) is 0 Å². The standard InChI is InChI=1S/C12H17ClFN.C4H10/c1-4-8(2)15-9(3)10-6-5-7-11(13)12(10)14;1-3-4-2/h5-9,15H,4H2,1-3H3;3-4H2,1-2H3. The summed E-state index contributed by atoms with van der Waals surface area (Å²) >= 11 is 5.73. The highest BCUT2D eigenvalue weighted by Gasteiger charge is 2.14. The number of nitrogens with one attached hydrogen (secondary N) is 1. The van der Waals surface area contributed by atoms with Crippen molar-refractivity contribution in [1.82, 2.24) is 5.32 Å². The number of hydrogen-bond acceptors (Lipinski definition) is 1. The van der Waals surface area contributed by atoms with Gasteiger partial charge < -0.3 is 5.32 Å². The second-order valence-electron chi connectivity index (χ2n) is 4.84. The molecule has 0 aromatic heterocycles. The summed E-state index contributed by atoms with van der Waals surface area (Å²) in [6, 6.07) is 5.46. The van der Waals surface area contributed by atoms with Crippen molar-refractivity contribution < 1.29 is 4.39 Å². The first kappa shape index (κ1) is 18.4. The number of benzene rings is 1. The van der Waals surface area contributed by atoms with Crippen LogP contribution < -0.4 is 5.32 Å². The average molecular weight is 288 g/mol. The Bertz CT molecular complexity index is 353. The minimum Gasteiger partial charge on any atom is -0.308 e. The molecule has 0 heterocycles. The second-order valence-corrected chi connectivity index (χ2v) is 5.25. The quantitative estimate of drug-likeness (QED) is 0.729. The lowest BCUT2D eigenvalue weighted by atomic mass is 10.1. The Morgan fingerprint density at radius 2 is 1.74 bits per heavy atom. The maximum absolute atomic E-state index is 13.6. The lowest BCUT2D eigenvalue weighted by Gasteiger charge is -2.19. The van der Waals surface area contributed by atoms with Crippen LogP contribution in [0.4, 0.5) is 4.39 Å². The van der Waals surface area contributed by atoms with Crippen molar-refractivity contribution in [3.05, 3.63) is 34.6 Å². The summed E-state index contributed by atoms with van der Waals surface area (Å²) in [7, 11) is 0. The molecule has 0 aliphatic rings. The van der Waals surface area contributed by atoms with Gasteiger partial charge in [0, 0.05) is 17.6 Å². The fourth-order valence-corrected chi connectivity index (χ4v) is 1.67. The molecule has 1 N–H and O–H groups in total. The van der Waals surface area contributed by atoms with Crippen molar-refractivity contribution in [3.63, 3.8) is 0 Å². The van der Waals surface area contributed by atoms with Crippen molar-refractivity contribution in [2.45, 2.75) is 66.0 Å². The SMILES string of the molecule is CCC(C)NC(C)c1cccc(Cl)c1F.CCCC. The van der Waals surface area contributed by atoms with Gasteiger partial charge >= 0.3 is 0 Å². The zero-order valence-corrected chi connectivity index (χ0v) is 13.5. The van der Waals surface area contributed by atoms with Crippen LogP contribution in [0.5, 0.6) is 0 Å². The van der Waals surface area contributed by atoms with E-state index in [9.17, 15) is 4.39 Å². The molecule has 3 heteroatoms. The van der Waals surface area contributed by atoms with E-state index < -0.39 is 0 Å². The summed E-state index contributed by atoms with van der Waals surface area (Å²) in [4.78, 5) is 0. The summed E-state index contributed by atoms with van der Waals surface area (Å²) in [5, 5.41) is 3.50. The Hall–Kier alpha value is -0.600. The molecule has 2 atom stereocenters. The highest BCUT2D eigenvalue weighted by Crippen LogP contribution is 2.23. The van der Waals surface area contributed by atoms with E-state index in [1.807, 2.05) is 6.92 Å². The Balaban J connectivity index is 0.000000711. The highest BCUT2D eigenvalue weighted by atomic mass is 35.5. The first-order valence-corrected chi connectivity index (χ1v) is 7.55. The van der Waals surface area contributed by atoms with Gasteiger partial charge in [-0.1, -0.05) is 57.3 Å². The molecule has 110 valence electrons. The molecule has 19 heavy (non-hydrogen) atoms. The molecule has 1 aromatic rings. The van der Waals surface area contributed by atoms with Crippen molar-refractivity contribution in [2.24, 2.45) is 0 Å². The molecule has 0 aliphatic carbocycles. The first-order valence-electron chi connectivity index (χ1n) is 7.17. The molecule has 0 saturated heterocycles. The van der Waals surface area contributed by atoms with E-state index in [1.54, 1.807) is 18.2 Å². The van der Waals surface area contributed by atoms with Crippen LogP contribution in [0.25, 0.3) is 0 Å². The summed E-state index contributed by atoms with van der Waals surface area (Å²) < 4.78 is 13.6. The monoisotopic (exact) mass is 287 g/mol. The van der Waals surface area contributed by atoms with Crippen LogP contribution in [0.3, 0.4) is 0 Å². The van der Waals surface area contributed by atoms with E-state index in [1.165, 1.54) is 12.8 Å². The van der Waals surface area contributed by atoms with Crippen molar-refractivity contribution >= 4 is 11.6 Å². The molecule has 0 aliphatic heterocycles. The second kappa shape index (κ2) is 10.2. The molecule has 2 unspecified atom stereocenters. The normalized spacial score (nSPS) is 13.4. The number of rotatable bonds is 5. The topological polar surface area (TPSA) is 12.0 Å². The van der Waals surface area contributed by atoms with Gasteiger partial charge in [0.05, 0.1) is 5.02 Å². The minimum atomic E-state index is -0.317. The van der Waals surface area contributed by atoms with Crippen molar-refractivity contribution in [2.75, 3.05) is 0 Å². The summed E-state index contributed by atoms with van der Waals surface area (Å²) in [5.41, 5.74) is 0.628. The van der Waals surface area contributed by atoms with E-state index in [4.69, 9.17) is 11.6 Å². The van der Waals surface area contributed by atoms with E-state index in [2.05, 4.69) is 33.0 Å². The van der Waals surface area contributed by atoms with E-state index in [-0.39, 0.29) is 16.9 Å². The van der Waals surface area contributed by atoms with Crippen LogP contribution in [0.1, 0.15) is 65.5 Å². The Labute approximate surface area is 122 Å². The van der Waals surface area contributed by atoms with Crippen LogP contribution in [0.2, 0.25) is 5.02 Å². The molecule has 0 bridgehead atoms. The van der Waals surface area contributed by atoms with Crippen LogP contribution in [0.15, 0.2) is 18.2 Å². The number of hydrogen-bond donors (Lipinski definition) is 1. The molecule has 0 amide bonds. The van der Waals surface area contributed by atoms with Gasteiger partial charge in [-0.2, -0.15) is 0 Å². The van der Waals surface area contributed by atoms with Crippen molar-refractivity contribution in [3.8, 4) is 0 Å². The lowest BCUT2D eigenvalue weighted by molar-refractivity contribution is 0.454. The third-order valence-electron chi connectivity index (χ3n) is 3.09. The fraction of sp³-hybridized carbons (Fsp3) is 0.625. The molecular formula is C16H27ClFN. The molecule has 1 aromatic carbocycles. The Morgan fingerprint density at radius 3 is 2.21 bits per heavy atom. The molecule has 0 saturated carbocycles. The predicted octanol–water partition coefficient (Wildman–Crippen LogP) is 5.73. The lowest BCUT2D eigenvalue weighted by Crippen LogP contribution is -2.28. The fourth-order valence-electron chi connectivity index (χ4n) is 1.49. The van der Waals surface area contributed by atoms with Crippen LogP contribution in [-0.4, -0.2) is 6.04 Å².